The number of rotatable bonds is 7. The van der Waals surface area contributed by atoms with Crippen molar-refractivity contribution in [2.45, 2.75) is 13.0 Å². The van der Waals surface area contributed by atoms with Gasteiger partial charge in [-0.3, -0.25) is 4.79 Å². The van der Waals surface area contributed by atoms with Crippen molar-refractivity contribution in [1.82, 2.24) is 0 Å². The van der Waals surface area contributed by atoms with Gasteiger partial charge in [0.25, 0.3) is 0 Å². The highest BCUT2D eigenvalue weighted by Gasteiger charge is 2.11. The molecule has 0 aliphatic rings. The van der Waals surface area contributed by atoms with Crippen molar-refractivity contribution in [3.8, 4) is 5.75 Å². The lowest BCUT2D eigenvalue weighted by atomic mass is 10.2. The second-order valence-corrected chi connectivity index (χ2v) is 4.55. The Kier molecular flexibility index (Phi) is 5.54. The van der Waals surface area contributed by atoms with Crippen LogP contribution in [-0.4, -0.2) is 23.7 Å². The van der Waals surface area contributed by atoms with Gasteiger partial charge in [-0.2, -0.15) is 0 Å². The third-order valence-corrected chi connectivity index (χ3v) is 2.92. The third-order valence-electron chi connectivity index (χ3n) is 2.92. The molecule has 0 bridgehead atoms. The number of para-hydroxylation sites is 1. The van der Waals surface area contributed by atoms with Gasteiger partial charge in [0.05, 0.1) is 13.0 Å². The van der Waals surface area contributed by atoms with E-state index in [4.69, 9.17) is 14.6 Å². The van der Waals surface area contributed by atoms with E-state index >= 15 is 0 Å². The lowest BCUT2D eigenvalue weighted by Crippen LogP contribution is -2.11. The van der Waals surface area contributed by atoms with Crippen LogP contribution in [0.5, 0.6) is 5.75 Å². The predicted octanol–water partition coefficient (Wildman–Crippen LogP) is 2.90. The fourth-order valence-electron chi connectivity index (χ4n) is 1.82. The van der Waals surface area contributed by atoms with Crippen LogP contribution in [0.2, 0.25) is 0 Å². The highest BCUT2D eigenvalue weighted by atomic mass is 16.5. The molecule has 0 fully saturated rings. The van der Waals surface area contributed by atoms with Crippen LogP contribution >= 0.6 is 0 Å². The minimum atomic E-state index is -1.07. The summed E-state index contributed by atoms with van der Waals surface area (Å²) in [5.41, 5.74) is 0.980. The van der Waals surface area contributed by atoms with E-state index in [1.807, 2.05) is 30.3 Å². The number of carboxylic acids is 1. The summed E-state index contributed by atoms with van der Waals surface area (Å²) < 4.78 is 10.4. The summed E-state index contributed by atoms with van der Waals surface area (Å²) in [7, 11) is 0. The molecule has 2 aromatic carbocycles. The highest BCUT2D eigenvalue weighted by molar-refractivity contribution is 5.90. The smallest absolute Gasteiger partial charge is 0.339 e. The average Bonchev–Trinajstić information content (AvgIpc) is 2.54. The Hall–Kier alpha value is -2.82. The Morgan fingerprint density at radius 1 is 0.955 bits per heavy atom. The molecule has 2 aromatic rings. The fraction of sp³-hybridized carbons (Fsp3) is 0.176. The van der Waals surface area contributed by atoms with Crippen molar-refractivity contribution in [3.63, 3.8) is 0 Å². The van der Waals surface area contributed by atoms with E-state index in [0.29, 0.717) is 0 Å². The molecule has 0 unspecified atom stereocenters. The van der Waals surface area contributed by atoms with Gasteiger partial charge in [0.15, 0.2) is 0 Å². The first-order valence-electron chi connectivity index (χ1n) is 6.81. The maximum Gasteiger partial charge on any atom is 0.339 e. The molecule has 2 rings (SSSR count). The van der Waals surface area contributed by atoms with Gasteiger partial charge in [-0.1, -0.05) is 42.5 Å². The molecular weight excluding hydrogens is 284 g/mol. The number of hydrogen-bond donors (Lipinski definition) is 1. The zero-order chi connectivity index (χ0) is 15.8. The molecule has 0 saturated carbocycles. The molecule has 1 N–H and O–H groups in total. The largest absolute Gasteiger partial charge is 0.492 e. The Morgan fingerprint density at radius 3 is 2.36 bits per heavy atom. The number of hydrogen-bond acceptors (Lipinski definition) is 4. The molecule has 0 heterocycles. The number of esters is 1. The van der Waals surface area contributed by atoms with Gasteiger partial charge in [0, 0.05) is 0 Å². The normalized spacial score (nSPS) is 10.0. The van der Waals surface area contributed by atoms with Crippen molar-refractivity contribution in [2.24, 2.45) is 0 Å². The summed E-state index contributed by atoms with van der Waals surface area (Å²) in [6.07, 6.45) is 0.0563. The van der Waals surface area contributed by atoms with Gasteiger partial charge in [0.1, 0.15) is 17.9 Å². The monoisotopic (exact) mass is 300 g/mol. The van der Waals surface area contributed by atoms with Gasteiger partial charge in [0.2, 0.25) is 0 Å². The quantitative estimate of drug-likeness (QED) is 0.796. The molecule has 5 nitrogen and oxygen atoms in total. The first-order chi connectivity index (χ1) is 10.7. The number of carbonyl (C=O) groups is 2. The molecule has 0 amide bonds. The van der Waals surface area contributed by atoms with E-state index in [1.165, 1.54) is 6.07 Å². The zero-order valence-corrected chi connectivity index (χ0v) is 11.9. The summed E-state index contributed by atoms with van der Waals surface area (Å²) in [4.78, 5) is 22.6. The highest BCUT2D eigenvalue weighted by Crippen LogP contribution is 2.17. The van der Waals surface area contributed by atoms with Crippen molar-refractivity contribution >= 4 is 11.9 Å². The Morgan fingerprint density at radius 2 is 1.64 bits per heavy atom. The summed E-state index contributed by atoms with van der Waals surface area (Å²) in [5, 5.41) is 9.01. The Labute approximate surface area is 128 Å². The fourth-order valence-corrected chi connectivity index (χ4v) is 1.82. The molecule has 0 aliphatic heterocycles. The van der Waals surface area contributed by atoms with Crippen LogP contribution in [0.25, 0.3) is 0 Å². The van der Waals surface area contributed by atoms with E-state index in [2.05, 4.69) is 0 Å². The third kappa shape index (κ3) is 4.63. The molecule has 0 saturated heterocycles. The molecule has 114 valence electrons. The van der Waals surface area contributed by atoms with Crippen LogP contribution in [0.1, 0.15) is 22.3 Å². The zero-order valence-electron chi connectivity index (χ0n) is 11.9. The lowest BCUT2D eigenvalue weighted by molar-refractivity contribution is -0.145. The van der Waals surface area contributed by atoms with E-state index in [-0.39, 0.29) is 30.9 Å². The molecule has 0 atom stereocenters. The van der Waals surface area contributed by atoms with Crippen LogP contribution in [0.4, 0.5) is 0 Å². The second kappa shape index (κ2) is 7.83. The number of aromatic carboxylic acids is 1. The Balaban J connectivity index is 1.77. The first kappa shape index (κ1) is 15.6. The van der Waals surface area contributed by atoms with E-state index < -0.39 is 11.9 Å². The number of ether oxygens (including phenoxy) is 2. The van der Waals surface area contributed by atoms with Crippen molar-refractivity contribution < 1.29 is 24.2 Å². The van der Waals surface area contributed by atoms with Gasteiger partial charge >= 0.3 is 11.9 Å². The summed E-state index contributed by atoms with van der Waals surface area (Å²) in [5.74, 6) is -1.22. The minimum Gasteiger partial charge on any atom is -0.492 e. The van der Waals surface area contributed by atoms with Crippen LogP contribution in [-0.2, 0) is 16.1 Å². The van der Waals surface area contributed by atoms with Crippen molar-refractivity contribution in [3.05, 3.63) is 65.7 Å². The Bertz CT molecular complexity index is 637. The second-order valence-electron chi connectivity index (χ2n) is 4.55. The van der Waals surface area contributed by atoms with Gasteiger partial charge in [-0.15, -0.1) is 0 Å². The van der Waals surface area contributed by atoms with E-state index in [0.717, 1.165) is 5.56 Å². The SMILES string of the molecule is O=C(CCOc1ccccc1C(=O)O)OCc1ccccc1. The first-order valence-corrected chi connectivity index (χ1v) is 6.81. The maximum absolute atomic E-state index is 11.6. The van der Waals surface area contributed by atoms with Crippen LogP contribution in [0, 0.1) is 0 Å². The van der Waals surface area contributed by atoms with Crippen molar-refractivity contribution in [2.75, 3.05) is 6.61 Å². The van der Waals surface area contributed by atoms with Gasteiger partial charge < -0.3 is 14.6 Å². The summed E-state index contributed by atoms with van der Waals surface area (Å²) in [6.45, 7) is 0.281. The molecule has 0 aromatic heterocycles. The summed E-state index contributed by atoms with van der Waals surface area (Å²) in [6, 6.07) is 15.7. The standard InChI is InChI=1S/C17H16O5/c18-16(22-12-13-6-2-1-3-7-13)10-11-21-15-9-5-4-8-14(15)17(19)20/h1-9H,10-12H2,(H,19,20). The lowest BCUT2D eigenvalue weighted by Gasteiger charge is -2.09. The van der Waals surface area contributed by atoms with Gasteiger partial charge in [-0.25, -0.2) is 4.79 Å². The predicted molar refractivity (Wildman–Crippen MR) is 79.8 cm³/mol. The van der Waals surface area contributed by atoms with Crippen LogP contribution < -0.4 is 4.74 Å². The molecule has 0 spiro atoms. The number of carbonyl (C=O) groups excluding carboxylic acids is 1. The molecule has 0 aliphatic carbocycles. The summed E-state index contributed by atoms with van der Waals surface area (Å²) >= 11 is 0. The van der Waals surface area contributed by atoms with E-state index in [1.54, 1.807) is 18.2 Å². The van der Waals surface area contributed by atoms with Crippen molar-refractivity contribution in [1.29, 1.82) is 0 Å². The minimum absolute atomic E-state index is 0.0563. The average molecular weight is 300 g/mol. The van der Waals surface area contributed by atoms with Crippen LogP contribution in [0.3, 0.4) is 0 Å². The molecule has 0 radical (unpaired) electrons. The molecule has 5 heteroatoms. The number of benzene rings is 2. The van der Waals surface area contributed by atoms with Gasteiger partial charge in [-0.05, 0) is 17.7 Å². The van der Waals surface area contributed by atoms with E-state index in [9.17, 15) is 9.59 Å². The topological polar surface area (TPSA) is 72.8 Å². The number of carboxylic acid groups (broad SMARTS) is 1. The molecule has 22 heavy (non-hydrogen) atoms. The van der Waals surface area contributed by atoms with Crippen LogP contribution in [0.15, 0.2) is 54.6 Å². The maximum atomic E-state index is 11.6. The molecular formula is C17H16O5.